The highest BCUT2D eigenvalue weighted by molar-refractivity contribution is 14.0. The molecule has 2 unspecified atom stereocenters. The molecular weight excluding hydrogens is 435 g/mol. The molecule has 1 aliphatic rings. The van der Waals surface area contributed by atoms with E-state index in [2.05, 4.69) is 26.6 Å². The predicted molar refractivity (Wildman–Crippen MR) is 107 cm³/mol. The number of nitrogens with zero attached hydrogens (tertiary/aromatic N) is 1. The van der Waals surface area contributed by atoms with Gasteiger partial charge in [-0.25, -0.2) is 13.1 Å². The summed E-state index contributed by atoms with van der Waals surface area (Å²) in [6, 6.07) is 0.493. The molecule has 1 fully saturated rings. The Balaban J connectivity index is 0.00000441. The van der Waals surface area contributed by atoms with Crippen molar-refractivity contribution in [3.63, 3.8) is 0 Å². The van der Waals surface area contributed by atoms with Gasteiger partial charge < -0.3 is 10.6 Å². The molecule has 0 bridgehead atoms. The van der Waals surface area contributed by atoms with Gasteiger partial charge in [0, 0.05) is 31.4 Å². The van der Waals surface area contributed by atoms with Gasteiger partial charge >= 0.3 is 0 Å². The van der Waals surface area contributed by atoms with Crippen LogP contribution in [0.2, 0.25) is 0 Å². The predicted octanol–water partition coefficient (Wildman–Crippen LogP) is 1.38. The van der Waals surface area contributed by atoms with Gasteiger partial charge in [-0.2, -0.15) is 11.8 Å². The molecule has 0 aromatic rings. The largest absolute Gasteiger partial charge is 0.356 e. The van der Waals surface area contributed by atoms with Crippen molar-refractivity contribution in [2.24, 2.45) is 4.99 Å². The number of halogens is 1. The van der Waals surface area contributed by atoms with Crippen molar-refractivity contribution in [2.75, 3.05) is 32.1 Å². The summed E-state index contributed by atoms with van der Waals surface area (Å²) in [6.45, 7) is 2.79. The lowest BCUT2D eigenvalue weighted by Crippen LogP contribution is -2.43. The van der Waals surface area contributed by atoms with Crippen molar-refractivity contribution >= 4 is 51.7 Å². The van der Waals surface area contributed by atoms with Gasteiger partial charge in [-0.3, -0.25) is 4.99 Å². The van der Waals surface area contributed by atoms with E-state index in [1.54, 1.807) is 14.0 Å². The third-order valence-corrected chi connectivity index (χ3v) is 6.13. The first-order valence-electron chi connectivity index (χ1n) is 7.48. The molecule has 1 rings (SSSR count). The number of hydrogen-bond acceptors (Lipinski definition) is 4. The summed E-state index contributed by atoms with van der Waals surface area (Å²) < 4.78 is 25.1. The summed E-state index contributed by atoms with van der Waals surface area (Å²) in [5.41, 5.74) is 0. The van der Waals surface area contributed by atoms with Crippen molar-refractivity contribution < 1.29 is 8.42 Å². The normalized spacial score (nSPS) is 22.2. The zero-order valence-corrected chi connectivity index (χ0v) is 17.6. The fourth-order valence-electron chi connectivity index (χ4n) is 2.30. The molecule has 0 spiro atoms. The first kappa shape index (κ1) is 22.3. The molecule has 0 heterocycles. The maximum absolute atomic E-state index is 11.3. The van der Waals surface area contributed by atoms with Crippen LogP contribution in [0.5, 0.6) is 0 Å². The summed E-state index contributed by atoms with van der Waals surface area (Å²) in [4.78, 5) is 4.21. The molecule has 0 aromatic heterocycles. The number of guanidine groups is 1. The minimum Gasteiger partial charge on any atom is -0.356 e. The molecule has 132 valence electrons. The maximum atomic E-state index is 11.3. The van der Waals surface area contributed by atoms with Crippen LogP contribution in [-0.4, -0.2) is 57.8 Å². The summed E-state index contributed by atoms with van der Waals surface area (Å²) in [5.74, 6) is 0.933. The minimum absolute atomic E-state index is 0. The van der Waals surface area contributed by atoms with E-state index in [1.165, 1.54) is 19.3 Å². The Kier molecular flexibility index (Phi) is 11.9. The molecule has 6 nitrogen and oxygen atoms in total. The van der Waals surface area contributed by atoms with Gasteiger partial charge in [0.2, 0.25) is 10.0 Å². The van der Waals surface area contributed by atoms with Gasteiger partial charge in [-0.1, -0.05) is 0 Å². The second kappa shape index (κ2) is 11.7. The first-order chi connectivity index (χ1) is 10.0. The lowest BCUT2D eigenvalue weighted by atomic mass is 10.2. The Hall–Kier alpha value is 0.260. The van der Waals surface area contributed by atoms with E-state index in [1.807, 2.05) is 11.8 Å². The molecule has 0 aromatic carbocycles. The molecule has 1 saturated carbocycles. The smallest absolute Gasteiger partial charge is 0.211 e. The van der Waals surface area contributed by atoms with Crippen LogP contribution in [0.25, 0.3) is 0 Å². The lowest BCUT2D eigenvalue weighted by Gasteiger charge is -2.17. The highest BCUT2D eigenvalue weighted by Gasteiger charge is 2.24. The Morgan fingerprint density at radius 1 is 1.32 bits per heavy atom. The van der Waals surface area contributed by atoms with Crippen LogP contribution in [0, 0.1) is 0 Å². The molecule has 22 heavy (non-hydrogen) atoms. The minimum atomic E-state index is -3.08. The fourth-order valence-corrected chi connectivity index (χ4v) is 3.75. The lowest BCUT2D eigenvalue weighted by molar-refractivity contribution is 0.578. The Bertz CT molecular complexity index is 432. The van der Waals surface area contributed by atoms with Crippen LogP contribution in [0.15, 0.2) is 4.99 Å². The summed E-state index contributed by atoms with van der Waals surface area (Å²) >= 11 is 1.93. The fraction of sp³-hybridized carbons (Fsp3) is 0.923. The molecule has 3 N–H and O–H groups in total. The van der Waals surface area contributed by atoms with Gasteiger partial charge in [0.15, 0.2) is 5.96 Å². The van der Waals surface area contributed by atoms with E-state index in [0.29, 0.717) is 19.1 Å². The summed E-state index contributed by atoms with van der Waals surface area (Å²) in [6.07, 6.45) is 6.52. The van der Waals surface area contributed by atoms with Gasteiger partial charge in [0.1, 0.15) is 0 Å². The maximum Gasteiger partial charge on any atom is 0.211 e. The van der Waals surface area contributed by atoms with Crippen LogP contribution in [0.3, 0.4) is 0 Å². The van der Waals surface area contributed by atoms with Gasteiger partial charge in [0.05, 0.1) is 5.75 Å². The Morgan fingerprint density at radius 3 is 2.59 bits per heavy atom. The van der Waals surface area contributed by atoms with E-state index < -0.39 is 10.0 Å². The van der Waals surface area contributed by atoms with Crippen LogP contribution >= 0.6 is 35.7 Å². The van der Waals surface area contributed by atoms with Crippen LogP contribution in [-0.2, 0) is 10.0 Å². The zero-order valence-electron chi connectivity index (χ0n) is 13.6. The van der Waals surface area contributed by atoms with E-state index in [0.717, 1.165) is 17.6 Å². The molecular formula is C13H29IN4O2S2. The van der Waals surface area contributed by atoms with Gasteiger partial charge in [-0.15, -0.1) is 24.0 Å². The summed E-state index contributed by atoms with van der Waals surface area (Å²) in [7, 11) is -1.32. The number of thioether (sulfide) groups is 1. The second-order valence-corrected chi connectivity index (χ2v) is 8.40. The molecule has 0 saturated heterocycles. The van der Waals surface area contributed by atoms with Gasteiger partial charge in [-0.05, 0) is 38.9 Å². The number of sulfonamides is 1. The summed E-state index contributed by atoms with van der Waals surface area (Å²) in [5, 5.41) is 7.42. The standard InChI is InChI=1S/C13H28N4O2S2.HI/c1-4-21(18,19)16-9-5-8-15-13(14-2)17-11-6-7-12(10-11)20-3;/h11-12,16H,4-10H2,1-3H3,(H2,14,15,17);1H. The number of aliphatic imine (C=N–C) groups is 1. The quantitative estimate of drug-likeness (QED) is 0.219. The highest BCUT2D eigenvalue weighted by atomic mass is 127. The van der Waals surface area contributed by atoms with Crippen LogP contribution < -0.4 is 15.4 Å². The van der Waals surface area contributed by atoms with Crippen molar-refractivity contribution in [2.45, 2.75) is 43.9 Å². The molecule has 9 heteroatoms. The van der Waals surface area contributed by atoms with Crippen molar-refractivity contribution in [3.8, 4) is 0 Å². The van der Waals surface area contributed by atoms with E-state index in [9.17, 15) is 8.42 Å². The Morgan fingerprint density at radius 2 is 2.05 bits per heavy atom. The first-order valence-corrected chi connectivity index (χ1v) is 10.4. The average molecular weight is 464 g/mol. The number of nitrogens with one attached hydrogen (secondary N) is 3. The molecule has 0 radical (unpaired) electrons. The zero-order chi connectivity index (χ0) is 15.7. The van der Waals surface area contributed by atoms with Crippen LogP contribution in [0.4, 0.5) is 0 Å². The van der Waals surface area contributed by atoms with E-state index >= 15 is 0 Å². The SMILES string of the molecule is CCS(=O)(=O)NCCCNC(=NC)NC1CCC(SC)C1.I. The molecule has 0 aliphatic heterocycles. The van der Waals surface area contributed by atoms with Gasteiger partial charge in [0.25, 0.3) is 0 Å². The molecule has 1 aliphatic carbocycles. The second-order valence-electron chi connectivity index (χ2n) is 5.16. The third kappa shape index (κ3) is 8.78. The monoisotopic (exact) mass is 464 g/mol. The average Bonchev–Trinajstić information content (AvgIpc) is 2.93. The topological polar surface area (TPSA) is 82.6 Å². The Labute approximate surface area is 156 Å². The van der Waals surface area contributed by atoms with Crippen molar-refractivity contribution in [1.29, 1.82) is 0 Å². The van der Waals surface area contributed by atoms with E-state index in [-0.39, 0.29) is 29.7 Å². The number of hydrogen-bond donors (Lipinski definition) is 3. The van der Waals surface area contributed by atoms with Crippen molar-refractivity contribution in [3.05, 3.63) is 0 Å². The third-order valence-electron chi connectivity index (χ3n) is 3.63. The van der Waals surface area contributed by atoms with E-state index in [4.69, 9.17) is 0 Å². The highest BCUT2D eigenvalue weighted by Crippen LogP contribution is 2.27. The van der Waals surface area contributed by atoms with Crippen LogP contribution in [0.1, 0.15) is 32.6 Å². The number of rotatable bonds is 8. The molecule has 2 atom stereocenters. The van der Waals surface area contributed by atoms with Crippen molar-refractivity contribution in [1.82, 2.24) is 15.4 Å². The molecule has 0 amide bonds.